The Labute approximate surface area is 175 Å². The molecule has 0 saturated carbocycles. The third-order valence-corrected chi connectivity index (χ3v) is 5.05. The number of primary amides is 1. The maximum atomic E-state index is 12.0. The van der Waals surface area contributed by atoms with Crippen LogP contribution in [0, 0.1) is 11.8 Å². The molecule has 143 valence electrons. The van der Waals surface area contributed by atoms with E-state index < -0.39 is 5.91 Å². The van der Waals surface area contributed by atoms with E-state index in [4.69, 9.17) is 17.0 Å². The average molecular weight is 403 g/mol. The van der Waals surface area contributed by atoms with Gasteiger partial charge >= 0.3 is 0 Å². The lowest BCUT2D eigenvalue weighted by Crippen LogP contribution is -2.15. The lowest BCUT2D eigenvalue weighted by molar-refractivity contribution is 0.0994. The molecule has 0 atom stereocenters. The predicted molar refractivity (Wildman–Crippen MR) is 117 cm³/mol. The SMILES string of the molecule is [3H][B]SOCC#Cc1ccc(-n2nc(C(N)=O)c3c2-c2cc(N)ccc2CC3)cc1. The molecule has 1 aliphatic carbocycles. The van der Waals surface area contributed by atoms with E-state index in [1.54, 1.807) is 4.68 Å². The van der Waals surface area contributed by atoms with Crippen LogP contribution in [0.3, 0.4) is 0 Å². The van der Waals surface area contributed by atoms with Crippen LogP contribution < -0.4 is 11.5 Å². The molecule has 0 saturated heterocycles. The van der Waals surface area contributed by atoms with Crippen molar-refractivity contribution >= 4 is 30.6 Å². The summed E-state index contributed by atoms with van der Waals surface area (Å²) in [4.78, 5) is 12.0. The number of carbonyl (C=O) groups excluding carboxylic acids is 1. The molecule has 1 heterocycles. The highest BCUT2D eigenvalue weighted by molar-refractivity contribution is 8.15. The van der Waals surface area contributed by atoms with Gasteiger partial charge < -0.3 is 15.7 Å². The monoisotopic (exact) mass is 403 g/mol. The van der Waals surface area contributed by atoms with Gasteiger partial charge in [-0.2, -0.15) is 5.10 Å². The number of amides is 1. The van der Waals surface area contributed by atoms with Crippen LogP contribution in [0.1, 0.15) is 27.2 Å². The van der Waals surface area contributed by atoms with Gasteiger partial charge in [0.05, 0.1) is 11.4 Å². The fourth-order valence-corrected chi connectivity index (χ4v) is 3.66. The number of hydrogen-bond acceptors (Lipinski definition) is 5. The Morgan fingerprint density at radius 1 is 1.31 bits per heavy atom. The molecular weight excluding hydrogens is 383 g/mol. The molecule has 0 bridgehead atoms. The molecule has 3 aromatic rings. The van der Waals surface area contributed by atoms with Gasteiger partial charge in [-0.05, 0) is 56.1 Å². The number of aromatic nitrogens is 2. The second kappa shape index (κ2) is 8.07. The molecule has 4 rings (SSSR count). The molecule has 6 nitrogen and oxygen atoms in total. The Hall–Kier alpha value is -3.15. The van der Waals surface area contributed by atoms with Crippen LogP contribution >= 0.6 is 11.9 Å². The largest absolute Gasteiger partial charge is 0.399 e. The summed E-state index contributed by atoms with van der Waals surface area (Å²) < 4.78 is 13.7. The Balaban J connectivity index is 1.73. The number of nitrogen functional groups attached to an aromatic ring is 1. The van der Waals surface area contributed by atoms with E-state index in [0.29, 0.717) is 17.8 Å². The van der Waals surface area contributed by atoms with Crippen LogP contribution in [0.5, 0.6) is 0 Å². The predicted octanol–water partition coefficient (Wildman–Crippen LogP) is 2.15. The van der Waals surface area contributed by atoms with Crippen LogP contribution in [0.4, 0.5) is 5.69 Å². The van der Waals surface area contributed by atoms with E-state index in [2.05, 4.69) is 16.9 Å². The van der Waals surface area contributed by atoms with Crippen molar-refractivity contribution in [3.05, 3.63) is 64.8 Å². The second-order valence-electron chi connectivity index (χ2n) is 6.58. The molecule has 4 N–H and O–H groups in total. The van der Waals surface area contributed by atoms with Crippen molar-refractivity contribution in [3.8, 4) is 28.8 Å². The first-order valence-electron chi connectivity index (χ1n) is 9.54. The molecule has 0 fully saturated rings. The fourth-order valence-electron chi connectivity index (χ4n) is 3.53. The Morgan fingerprint density at radius 3 is 2.90 bits per heavy atom. The number of aryl methyl sites for hydroxylation is 1. The van der Waals surface area contributed by atoms with E-state index in [1.807, 2.05) is 42.5 Å². The molecule has 1 amide bonds. The highest BCUT2D eigenvalue weighted by Gasteiger charge is 2.28. The second-order valence-corrected chi connectivity index (χ2v) is 7.00. The van der Waals surface area contributed by atoms with Gasteiger partial charge in [-0.3, -0.25) is 4.79 Å². The molecule has 29 heavy (non-hydrogen) atoms. The zero-order valence-electron chi connectivity index (χ0n) is 16.5. The first-order valence-corrected chi connectivity index (χ1v) is 9.77. The van der Waals surface area contributed by atoms with Crippen LogP contribution in [-0.4, -0.2) is 30.7 Å². The van der Waals surface area contributed by atoms with E-state index in [1.165, 1.54) is 5.56 Å². The summed E-state index contributed by atoms with van der Waals surface area (Å²) in [7, 11) is 1.10. The number of nitrogens with two attached hydrogens (primary N) is 2. The van der Waals surface area contributed by atoms with Crippen LogP contribution in [0.2, 0.25) is 0 Å². The maximum absolute atomic E-state index is 12.0. The van der Waals surface area contributed by atoms with E-state index in [-0.39, 0.29) is 6.61 Å². The number of anilines is 1. The summed E-state index contributed by atoms with van der Waals surface area (Å²) in [5, 5.41) is 4.54. The Bertz CT molecular complexity index is 1170. The summed E-state index contributed by atoms with van der Waals surface area (Å²) in [5.74, 6) is 5.36. The minimum absolute atomic E-state index is 0.231. The van der Waals surface area contributed by atoms with Crippen molar-refractivity contribution < 1.29 is 8.98 Å². The van der Waals surface area contributed by atoms with Crippen molar-refractivity contribution in [2.24, 2.45) is 5.73 Å². The summed E-state index contributed by atoms with van der Waals surface area (Å²) in [5.41, 5.74) is 18.1. The molecule has 0 aliphatic heterocycles. The minimum Gasteiger partial charge on any atom is -0.399 e. The van der Waals surface area contributed by atoms with Crippen molar-refractivity contribution in [2.45, 2.75) is 12.8 Å². The van der Waals surface area contributed by atoms with Crippen LogP contribution in [0.25, 0.3) is 16.9 Å². The molecule has 8 heteroatoms. The Kier molecular flexibility index (Phi) is 4.99. The number of benzene rings is 2. The standard InChI is InChI=1S/C21H18BN4O2S/c22-29-28-11-1-2-13-3-8-16(9-4-13)26-20-17(19(25-26)21(24)27)10-6-14-5-7-15(23)12-18(14)20/h3-5,7-9,12,22H,6,10-11,23H2,(H2,24,27)/i22T. The molecule has 2 aromatic carbocycles. The number of fused-ring (bicyclic) bond motifs is 3. The van der Waals surface area contributed by atoms with Gasteiger partial charge in [0.1, 0.15) is 6.61 Å². The zero-order chi connectivity index (χ0) is 21.1. The van der Waals surface area contributed by atoms with Crippen molar-refractivity contribution in [3.63, 3.8) is 0 Å². The first kappa shape index (κ1) is 17.9. The summed E-state index contributed by atoms with van der Waals surface area (Å²) >= 11 is 0.937. The van der Waals surface area contributed by atoms with Gasteiger partial charge in [-0.25, -0.2) is 4.68 Å². The summed E-state index contributed by atoms with van der Waals surface area (Å²) in [6.07, 6.45) is 1.50. The first-order chi connectivity index (χ1) is 14.6. The van der Waals surface area contributed by atoms with Crippen LogP contribution in [0.15, 0.2) is 42.5 Å². The third kappa shape index (κ3) is 3.75. The normalized spacial score (nSPS) is 12.2. The number of rotatable bonds is 5. The van der Waals surface area contributed by atoms with Gasteiger partial charge in [0.25, 0.3) is 5.91 Å². The fraction of sp³-hybridized carbons (Fsp3) is 0.143. The third-order valence-electron chi connectivity index (χ3n) is 4.79. The number of hydrogen-bond donors (Lipinski definition) is 2. The van der Waals surface area contributed by atoms with Gasteiger partial charge in [0, 0.05) is 22.4 Å². The van der Waals surface area contributed by atoms with E-state index >= 15 is 0 Å². The van der Waals surface area contributed by atoms with Crippen molar-refractivity contribution in [2.75, 3.05) is 12.3 Å². The highest BCUT2D eigenvalue weighted by atomic mass is 32.2. The van der Waals surface area contributed by atoms with E-state index in [9.17, 15) is 4.79 Å². The minimum atomic E-state index is -0.539. The van der Waals surface area contributed by atoms with E-state index in [0.717, 1.165) is 53.5 Å². The smallest absolute Gasteiger partial charge is 0.269 e. The maximum Gasteiger partial charge on any atom is 0.269 e. The topological polar surface area (TPSA) is 96.2 Å². The zero-order valence-corrected chi connectivity index (χ0v) is 16.3. The molecule has 1 aliphatic rings. The lowest BCUT2D eigenvalue weighted by atomic mass is 9.88. The molecule has 1 aromatic heterocycles. The number of carbonyl (C=O) groups is 1. The van der Waals surface area contributed by atoms with Gasteiger partial charge in [0.2, 0.25) is 7.09 Å². The summed E-state index contributed by atoms with van der Waals surface area (Å²) in [6, 6.07) is 13.4. The van der Waals surface area contributed by atoms with Crippen molar-refractivity contribution in [1.29, 1.82) is 1.34 Å². The molecular formula is C21H18BN4O2S. The molecule has 0 spiro atoms. The Morgan fingerprint density at radius 2 is 2.14 bits per heavy atom. The van der Waals surface area contributed by atoms with Gasteiger partial charge in [0.15, 0.2) is 5.69 Å². The lowest BCUT2D eigenvalue weighted by Gasteiger charge is -2.19. The quantitative estimate of drug-likeness (QED) is 0.224. The summed E-state index contributed by atoms with van der Waals surface area (Å²) in [6.45, 7) is 0.231. The van der Waals surface area contributed by atoms with Gasteiger partial charge in [-0.15, -0.1) is 0 Å². The molecule has 1 radical (unpaired) electrons. The highest BCUT2D eigenvalue weighted by Crippen LogP contribution is 2.37. The molecule has 0 unspecified atom stereocenters. The average Bonchev–Trinajstić information content (AvgIpc) is 3.14. The number of nitrogens with zero attached hydrogens (tertiary/aromatic N) is 2. The van der Waals surface area contributed by atoms with Crippen LogP contribution in [-0.2, 0) is 17.0 Å². The van der Waals surface area contributed by atoms with Crippen molar-refractivity contribution in [1.82, 2.24) is 9.78 Å². The van der Waals surface area contributed by atoms with Gasteiger partial charge in [-0.1, -0.05) is 29.8 Å².